The second-order valence-corrected chi connectivity index (χ2v) is 7.91. The summed E-state index contributed by atoms with van der Waals surface area (Å²) < 4.78 is 0. The Morgan fingerprint density at radius 3 is 2.43 bits per heavy atom. The van der Waals surface area contributed by atoms with Gasteiger partial charge in [-0.05, 0) is 52.4 Å². The van der Waals surface area contributed by atoms with E-state index in [1.807, 2.05) is 65.4 Å². The molecule has 1 aromatic heterocycles. The largest absolute Gasteiger partial charge is 0.475 e. The summed E-state index contributed by atoms with van der Waals surface area (Å²) in [6.07, 6.45) is 1.10. The van der Waals surface area contributed by atoms with E-state index in [9.17, 15) is 19.6 Å². The van der Waals surface area contributed by atoms with Gasteiger partial charge in [0.05, 0.1) is 5.94 Å². The highest BCUT2D eigenvalue weighted by Gasteiger charge is 2.25. The van der Waals surface area contributed by atoms with Gasteiger partial charge < -0.3 is 15.4 Å². The first kappa shape index (κ1) is 22.0. The molecule has 3 aromatic rings. The Morgan fingerprint density at radius 2 is 1.73 bits per heavy atom. The van der Waals surface area contributed by atoms with Crippen LogP contribution in [0.2, 0.25) is 0 Å². The molecule has 3 N–H and O–H groups in total. The Labute approximate surface area is 180 Å². The second kappa shape index (κ2) is 10.9. The summed E-state index contributed by atoms with van der Waals surface area (Å²) in [6.45, 7) is 0. The van der Waals surface area contributed by atoms with Crippen molar-refractivity contribution in [3.05, 3.63) is 82.6 Å². The zero-order chi connectivity index (χ0) is 21.3. The molecule has 0 radical (unpaired) electrons. The van der Waals surface area contributed by atoms with Crippen molar-refractivity contribution < 1.29 is 19.6 Å². The van der Waals surface area contributed by atoms with Gasteiger partial charge in [0.1, 0.15) is 0 Å². The van der Waals surface area contributed by atoms with Gasteiger partial charge in [-0.2, -0.15) is 11.3 Å². The van der Waals surface area contributed by atoms with E-state index in [2.05, 4.69) is 5.32 Å². The number of aryl methyl sites for hydroxylation is 1. The lowest BCUT2D eigenvalue weighted by atomic mass is 9.76. The van der Waals surface area contributed by atoms with Crippen LogP contribution in [0.5, 0.6) is 0 Å². The third-order valence-electron chi connectivity index (χ3n) is 4.90. The fourth-order valence-electron chi connectivity index (χ4n) is 3.21. The topological polar surface area (TPSA) is 86.6 Å². The van der Waals surface area contributed by atoms with Crippen LogP contribution in [-0.4, -0.2) is 34.8 Å². The van der Waals surface area contributed by atoms with E-state index < -0.39 is 13.1 Å². The SMILES string of the molecule is O=C(CCC(=O)c1cccc(-c2ccccc2)c1)N[C@@H](CCc1ccsc1)B(O)O. The summed E-state index contributed by atoms with van der Waals surface area (Å²) in [5.74, 6) is -1.26. The van der Waals surface area contributed by atoms with Crippen LogP contribution in [0.4, 0.5) is 0 Å². The van der Waals surface area contributed by atoms with Gasteiger partial charge in [-0.15, -0.1) is 0 Å². The second-order valence-electron chi connectivity index (χ2n) is 7.13. The molecule has 1 atom stereocenters. The van der Waals surface area contributed by atoms with Crippen molar-refractivity contribution in [1.82, 2.24) is 5.32 Å². The minimum atomic E-state index is -1.65. The number of carbonyl (C=O) groups is 2. The fraction of sp³-hybridized carbons (Fsp3) is 0.217. The molecule has 154 valence electrons. The van der Waals surface area contributed by atoms with Crippen molar-refractivity contribution in [1.29, 1.82) is 0 Å². The van der Waals surface area contributed by atoms with E-state index in [1.54, 1.807) is 17.4 Å². The first-order valence-electron chi connectivity index (χ1n) is 9.88. The van der Waals surface area contributed by atoms with Crippen LogP contribution in [0.1, 0.15) is 35.2 Å². The van der Waals surface area contributed by atoms with Crippen molar-refractivity contribution in [2.75, 3.05) is 0 Å². The zero-order valence-electron chi connectivity index (χ0n) is 16.5. The first-order chi connectivity index (χ1) is 14.5. The molecule has 0 aliphatic carbocycles. The monoisotopic (exact) mass is 421 g/mol. The Bertz CT molecular complexity index is 960. The maximum Gasteiger partial charge on any atom is 0.475 e. The Hall–Kier alpha value is -2.74. The van der Waals surface area contributed by atoms with Crippen LogP contribution in [-0.2, 0) is 11.2 Å². The summed E-state index contributed by atoms with van der Waals surface area (Å²) in [5, 5.41) is 25.7. The lowest BCUT2D eigenvalue weighted by Crippen LogP contribution is -2.46. The van der Waals surface area contributed by atoms with Gasteiger partial charge >= 0.3 is 7.12 Å². The van der Waals surface area contributed by atoms with E-state index in [0.717, 1.165) is 16.7 Å². The van der Waals surface area contributed by atoms with E-state index in [-0.39, 0.29) is 24.5 Å². The zero-order valence-corrected chi connectivity index (χ0v) is 17.3. The molecule has 0 spiro atoms. The molecule has 0 saturated heterocycles. The highest BCUT2D eigenvalue weighted by atomic mass is 32.1. The van der Waals surface area contributed by atoms with Crippen LogP contribution in [0.25, 0.3) is 11.1 Å². The Kier molecular flexibility index (Phi) is 7.96. The number of ketones is 1. The highest BCUT2D eigenvalue weighted by molar-refractivity contribution is 7.07. The molecule has 0 aliphatic heterocycles. The number of hydrogen-bond acceptors (Lipinski definition) is 5. The smallest absolute Gasteiger partial charge is 0.426 e. The minimum absolute atomic E-state index is 0.00390. The fourth-order valence-corrected chi connectivity index (χ4v) is 3.91. The third kappa shape index (κ3) is 6.39. The summed E-state index contributed by atoms with van der Waals surface area (Å²) in [4.78, 5) is 24.8. The first-order valence-corrected chi connectivity index (χ1v) is 10.8. The van der Waals surface area contributed by atoms with E-state index >= 15 is 0 Å². The quantitative estimate of drug-likeness (QED) is 0.346. The molecule has 2 aromatic carbocycles. The van der Waals surface area contributed by atoms with Crippen LogP contribution in [0.3, 0.4) is 0 Å². The molecular formula is C23H24BNO4S. The number of carbonyl (C=O) groups excluding carboxylic acids is 2. The number of nitrogens with one attached hydrogen (secondary N) is 1. The molecule has 7 heteroatoms. The van der Waals surface area contributed by atoms with Gasteiger partial charge in [0.15, 0.2) is 5.78 Å². The van der Waals surface area contributed by atoms with Crippen molar-refractivity contribution in [3.63, 3.8) is 0 Å². The number of benzene rings is 2. The molecule has 5 nitrogen and oxygen atoms in total. The van der Waals surface area contributed by atoms with Crippen molar-refractivity contribution >= 4 is 30.1 Å². The van der Waals surface area contributed by atoms with Gasteiger partial charge in [-0.1, -0.05) is 48.5 Å². The van der Waals surface area contributed by atoms with E-state index in [4.69, 9.17) is 0 Å². The van der Waals surface area contributed by atoms with Gasteiger partial charge in [-0.3, -0.25) is 9.59 Å². The predicted octanol–water partition coefficient (Wildman–Crippen LogP) is 3.51. The van der Waals surface area contributed by atoms with Crippen molar-refractivity contribution in [3.8, 4) is 11.1 Å². The molecule has 3 rings (SSSR count). The van der Waals surface area contributed by atoms with Crippen LogP contribution >= 0.6 is 11.3 Å². The molecule has 1 heterocycles. The summed E-state index contributed by atoms with van der Waals surface area (Å²) in [7, 11) is -1.65. The molecule has 0 saturated carbocycles. The molecule has 0 aliphatic rings. The van der Waals surface area contributed by atoms with Crippen LogP contribution in [0.15, 0.2) is 71.4 Å². The lowest BCUT2D eigenvalue weighted by Gasteiger charge is -2.17. The Morgan fingerprint density at radius 1 is 0.967 bits per heavy atom. The Balaban J connectivity index is 1.52. The van der Waals surface area contributed by atoms with Crippen molar-refractivity contribution in [2.24, 2.45) is 0 Å². The molecule has 0 unspecified atom stereocenters. The summed E-state index contributed by atoms with van der Waals surface area (Å²) in [6, 6.07) is 19.1. The third-order valence-corrected chi connectivity index (χ3v) is 5.63. The number of amides is 1. The van der Waals surface area contributed by atoms with E-state index in [0.29, 0.717) is 18.4 Å². The maximum absolute atomic E-state index is 12.6. The lowest BCUT2D eigenvalue weighted by molar-refractivity contribution is -0.121. The molecular weight excluding hydrogens is 397 g/mol. The average molecular weight is 421 g/mol. The standard InChI is InChI=1S/C23H24BNO4S/c26-21(20-8-4-7-19(15-20)18-5-2-1-3-6-18)10-12-23(27)25-22(24(28)29)11-9-17-13-14-30-16-17/h1-8,13-16,22,28-29H,9-12H2,(H,25,27)/t22-/m0/s1. The molecule has 0 bridgehead atoms. The predicted molar refractivity (Wildman–Crippen MR) is 120 cm³/mol. The number of thiophene rings is 1. The van der Waals surface area contributed by atoms with Crippen LogP contribution < -0.4 is 5.32 Å². The molecule has 30 heavy (non-hydrogen) atoms. The molecule has 1 amide bonds. The maximum atomic E-state index is 12.6. The average Bonchev–Trinajstić information content (AvgIpc) is 3.29. The highest BCUT2D eigenvalue weighted by Crippen LogP contribution is 2.21. The van der Waals surface area contributed by atoms with Crippen molar-refractivity contribution in [2.45, 2.75) is 31.6 Å². The number of Topliss-reactive ketones (excluding diaryl/α,β-unsaturated/α-hetero) is 1. The van der Waals surface area contributed by atoms with Gasteiger partial charge in [-0.25, -0.2) is 0 Å². The van der Waals surface area contributed by atoms with Gasteiger partial charge in [0.2, 0.25) is 5.91 Å². The molecule has 0 fully saturated rings. The number of rotatable bonds is 10. The summed E-state index contributed by atoms with van der Waals surface area (Å²) in [5.41, 5.74) is 3.62. The van der Waals surface area contributed by atoms with E-state index in [1.165, 1.54) is 0 Å². The van der Waals surface area contributed by atoms with Crippen LogP contribution in [0, 0.1) is 0 Å². The number of hydrogen-bond donors (Lipinski definition) is 3. The van der Waals surface area contributed by atoms with Gasteiger partial charge in [0, 0.05) is 18.4 Å². The summed E-state index contributed by atoms with van der Waals surface area (Å²) >= 11 is 1.57. The normalized spacial score (nSPS) is 11.7. The minimum Gasteiger partial charge on any atom is -0.426 e. The van der Waals surface area contributed by atoms with Gasteiger partial charge in [0.25, 0.3) is 0 Å².